The Balaban J connectivity index is 1.77. The standard InChI is InChI=1S/C19H19ClN2O2/c20-16-10-8-13(9-11-16)17(12-2-1-3-12)22-19(24)15-6-4-14(5-7-15)18(21)23/h4-12,17H,1-3H2,(H2,21,23)(H,22,24). The summed E-state index contributed by atoms with van der Waals surface area (Å²) in [7, 11) is 0. The van der Waals surface area contributed by atoms with Gasteiger partial charge in [-0.05, 0) is 60.7 Å². The van der Waals surface area contributed by atoms with Gasteiger partial charge in [-0.15, -0.1) is 0 Å². The molecule has 3 rings (SSSR count). The van der Waals surface area contributed by atoms with Gasteiger partial charge in [-0.2, -0.15) is 0 Å². The number of benzene rings is 2. The lowest BCUT2D eigenvalue weighted by Gasteiger charge is -2.34. The van der Waals surface area contributed by atoms with Crippen LogP contribution < -0.4 is 11.1 Å². The summed E-state index contributed by atoms with van der Waals surface area (Å²) in [6, 6.07) is 14.0. The molecule has 0 aromatic heterocycles. The molecule has 2 amide bonds. The van der Waals surface area contributed by atoms with E-state index in [4.69, 9.17) is 17.3 Å². The van der Waals surface area contributed by atoms with Crippen LogP contribution in [0.5, 0.6) is 0 Å². The third-order valence-corrected chi connectivity index (χ3v) is 4.82. The molecule has 1 unspecified atom stereocenters. The van der Waals surface area contributed by atoms with Crippen LogP contribution in [0.2, 0.25) is 5.02 Å². The number of nitrogens with one attached hydrogen (secondary N) is 1. The summed E-state index contributed by atoms with van der Waals surface area (Å²) in [4.78, 5) is 23.7. The van der Waals surface area contributed by atoms with Gasteiger partial charge >= 0.3 is 0 Å². The Morgan fingerprint density at radius 1 is 1.00 bits per heavy atom. The molecule has 2 aromatic carbocycles. The number of hydrogen-bond acceptors (Lipinski definition) is 2. The molecule has 1 atom stereocenters. The molecule has 1 fully saturated rings. The molecule has 0 spiro atoms. The number of primary amides is 1. The maximum Gasteiger partial charge on any atom is 0.251 e. The van der Waals surface area contributed by atoms with E-state index in [0.717, 1.165) is 18.4 Å². The van der Waals surface area contributed by atoms with E-state index in [1.807, 2.05) is 24.3 Å². The fourth-order valence-electron chi connectivity index (χ4n) is 2.93. The number of halogens is 1. The molecular weight excluding hydrogens is 324 g/mol. The van der Waals surface area contributed by atoms with Crippen molar-refractivity contribution in [3.8, 4) is 0 Å². The minimum atomic E-state index is -0.504. The quantitative estimate of drug-likeness (QED) is 0.869. The van der Waals surface area contributed by atoms with E-state index in [-0.39, 0.29) is 11.9 Å². The molecule has 0 bridgehead atoms. The van der Waals surface area contributed by atoms with Crippen molar-refractivity contribution in [3.05, 3.63) is 70.2 Å². The van der Waals surface area contributed by atoms with E-state index in [9.17, 15) is 9.59 Å². The largest absolute Gasteiger partial charge is 0.366 e. The van der Waals surface area contributed by atoms with E-state index in [1.165, 1.54) is 6.42 Å². The predicted octanol–water partition coefficient (Wildman–Crippen LogP) is 3.71. The molecule has 2 aromatic rings. The first-order chi connectivity index (χ1) is 11.5. The van der Waals surface area contributed by atoms with Crippen molar-refractivity contribution in [3.63, 3.8) is 0 Å². The molecule has 0 saturated heterocycles. The second-order valence-corrected chi connectivity index (χ2v) is 6.57. The minimum Gasteiger partial charge on any atom is -0.366 e. The van der Waals surface area contributed by atoms with E-state index < -0.39 is 5.91 Å². The summed E-state index contributed by atoms with van der Waals surface area (Å²) in [6.07, 6.45) is 3.40. The monoisotopic (exact) mass is 342 g/mol. The Labute approximate surface area is 146 Å². The third-order valence-electron chi connectivity index (χ3n) is 4.57. The molecule has 1 aliphatic rings. The molecule has 0 radical (unpaired) electrons. The first-order valence-corrected chi connectivity index (χ1v) is 8.38. The maximum atomic E-state index is 12.6. The van der Waals surface area contributed by atoms with Crippen LogP contribution in [0.3, 0.4) is 0 Å². The molecule has 1 aliphatic carbocycles. The second-order valence-electron chi connectivity index (χ2n) is 6.14. The smallest absolute Gasteiger partial charge is 0.251 e. The fraction of sp³-hybridized carbons (Fsp3) is 0.263. The summed E-state index contributed by atoms with van der Waals surface area (Å²) in [6.45, 7) is 0. The average Bonchev–Trinajstić information content (AvgIpc) is 2.53. The van der Waals surface area contributed by atoms with Crippen LogP contribution in [-0.2, 0) is 0 Å². The Morgan fingerprint density at radius 3 is 2.08 bits per heavy atom. The van der Waals surface area contributed by atoms with Crippen LogP contribution in [0.1, 0.15) is 51.6 Å². The summed E-state index contributed by atoms with van der Waals surface area (Å²) in [5.41, 5.74) is 7.19. The Hall–Kier alpha value is -2.33. The Morgan fingerprint density at radius 2 is 1.58 bits per heavy atom. The minimum absolute atomic E-state index is 0.0284. The van der Waals surface area contributed by atoms with Gasteiger partial charge in [0.05, 0.1) is 6.04 Å². The van der Waals surface area contributed by atoms with Gasteiger partial charge in [0.2, 0.25) is 5.91 Å². The molecule has 3 N–H and O–H groups in total. The van der Waals surface area contributed by atoms with Crippen LogP contribution in [0.25, 0.3) is 0 Å². The molecular formula is C19H19ClN2O2. The molecule has 124 valence electrons. The van der Waals surface area contributed by atoms with Gasteiger partial charge in [-0.3, -0.25) is 9.59 Å². The van der Waals surface area contributed by atoms with Crippen molar-refractivity contribution in [1.82, 2.24) is 5.32 Å². The van der Waals surface area contributed by atoms with Gasteiger partial charge in [0, 0.05) is 16.1 Å². The average molecular weight is 343 g/mol. The van der Waals surface area contributed by atoms with Gasteiger partial charge in [-0.25, -0.2) is 0 Å². The maximum absolute atomic E-state index is 12.6. The topological polar surface area (TPSA) is 72.2 Å². The second kappa shape index (κ2) is 7.05. The molecule has 1 saturated carbocycles. The van der Waals surface area contributed by atoms with Gasteiger partial charge in [0.15, 0.2) is 0 Å². The summed E-state index contributed by atoms with van der Waals surface area (Å²) < 4.78 is 0. The van der Waals surface area contributed by atoms with Crippen LogP contribution >= 0.6 is 11.6 Å². The lowest BCUT2D eigenvalue weighted by molar-refractivity contribution is 0.0899. The molecule has 24 heavy (non-hydrogen) atoms. The normalized spacial score (nSPS) is 15.4. The number of hydrogen-bond donors (Lipinski definition) is 2. The highest BCUT2D eigenvalue weighted by Crippen LogP contribution is 2.38. The van der Waals surface area contributed by atoms with Gasteiger partial charge in [0.1, 0.15) is 0 Å². The van der Waals surface area contributed by atoms with E-state index in [1.54, 1.807) is 24.3 Å². The zero-order chi connectivity index (χ0) is 17.1. The van der Waals surface area contributed by atoms with Crippen molar-refractivity contribution in [2.45, 2.75) is 25.3 Å². The highest BCUT2D eigenvalue weighted by molar-refractivity contribution is 6.30. The van der Waals surface area contributed by atoms with Crippen molar-refractivity contribution < 1.29 is 9.59 Å². The third kappa shape index (κ3) is 3.60. The highest BCUT2D eigenvalue weighted by atomic mass is 35.5. The number of nitrogens with two attached hydrogens (primary N) is 1. The Kier molecular flexibility index (Phi) is 4.86. The summed E-state index contributed by atoms with van der Waals surface area (Å²) in [5.74, 6) is -0.214. The number of carbonyl (C=O) groups is 2. The number of rotatable bonds is 5. The molecule has 4 nitrogen and oxygen atoms in total. The highest BCUT2D eigenvalue weighted by Gasteiger charge is 2.30. The van der Waals surface area contributed by atoms with Crippen LogP contribution in [-0.4, -0.2) is 11.8 Å². The lowest BCUT2D eigenvalue weighted by atomic mass is 9.77. The molecule has 5 heteroatoms. The first kappa shape index (κ1) is 16.5. The Bertz CT molecular complexity index is 737. The summed E-state index contributed by atoms with van der Waals surface area (Å²) in [5, 5.41) is 3.80. The van der Waals surface area contributed by atoms with Crippen molar-refractivity contribution in [2.24, 2.45) is 11.7 Å². The zero-order valence-corrected chi connectivity index (χ0v) is 13.9. The summed E-state index contributed by atoms with van der Waals surface area (Å²) >= 11 is 5.96. The van der Waals surface area contributed by atoms with Crippen LogP contribution in [0.4, 0.5) is 0 Å². The SMILES string of the molecule is NC(=O)c1ccc(C(=O)NC(c2ccc(Cl)cc2)C2CCC2)cc1. The number of amides is 2. The van der Waals surface area contributed by atoms with Crippen LogP contribution in [0, 0.1) is 5.92 Å². The van der Waals surface area contributed by atoms with E-state index in [0.29, 0.717) is 22.1 Å². The van der Waals surface area contributed by atoms with Gasteiger partial charge in [0.25, 0.3) is 5.91 Å². The molecule has 0 aliphatic heterocycles. The van der Waals surface area contributed by atoms with Gasteiger partial charge in [-0.1, -0.05) is 30.2 Å². The van der Waals surface area contributed by atoms with Gasteiger partial charge < -0.3 is 11.1 Å². The van der Waals surface area contributed by atoms with Crippen molar-refractivity contribution >= 4 is 23.4 Å². The predicted molar refractivity (Wildman–Crippen MR) is 94.0 cm³/mol. The fourth-order valence-corrected chi connectivity index (χ4v) is 3.05. The van der Waals surface area contributed by atoms with E-state index in [2.05, 4.69) is 5.32 Å². The lowest BCUT2D eigenvalue weighted by Crippen LogP contribution is -2.36. The molecule has 0 heterocycles. The van der Waals surface area contributed by atoms with Crippen molar-refractivity contribution in [2.75, 3.05) is 0 Å². The zero-order valence-electron chi connectivity index (χ0n) is 13.2. The van der Waals surface area contributed by atoms with E-state index >= 15 is 0 Å². The van der Waals surface area contributed by atoms with Crippen LogP contribution in [0.15, 0.2) is 48.5 Å². The first-order valence-electron chi connectivity index (χ1n) is 8.01. The van der Waals surface area contributed by atoms with Crippen molar-refractivity contribution in [1.29, 1.82) is 0 Å². The number of carbonyl (C=O) groups excluding carboxylic acids is 2.